The molecule has 0 heterocycles. The molecule has 0 aliphatic rings. The number of hydrogen-bond acceptors (Lipinski definition) is 1. The van der Waals surface area contributed by atoms with E-state index in [9.17, 15) is 0 Å². The van der Waals surface area contributed by atoms with Gasteiger partial charge in [0.1, 0.15) is 7.85 Å². The van der Waals surface area contributed by atoms with E-state index in [1.165, 1.54) is 4.90 Å². The molecule has 93 valence electrons. The average molecular weight is 280 g/mol. The van der Waals surface area contributed by atoms with Crippen molar-refractivity contribution in [1.82, 2.24) is 0 Å². The standard InChI is InChI=1S/C7H8BS.2C3H7.Ni/c1-9-7-4-2-6(8)3-5-7;2*1-3-2;/h2-5,8H,1H3;2*1,3H2,2H3;/q;2*-1;+2. The van der Waals surface area contributed by atoms with E-state index in [0.29, 0.717) is 0 Å². The third kappa shape index (κ3) is 16.6. The predicted molar refractivity (Wildman–Crippen MR) is 76.3 cm³/mol. The van der Waals surface area contributed by atoms with Crippen molar-refractivity contribution >= 4 is 25.1 Å². The van der Waals surface area contributed by atoms with E-state index in [1.807, 2.05) is 26.0 Å². The molecule has 0 fully saturated rings. The molecular formula is C13H22BNiS. The van der Waals surface area contributed by atoms with Crippen LogP contribution in [0.3, 0.4) is 0 Å². The minimum Gasteiger partial charge on any atom is -0.344 e. The maximum Gasteiger partial charge on any atom is 2.00 e. The molecule has 0 atom stereocenters. The fourth-order valence-electron chi connectivity index (χ4n) is 0.626. The Balaban J connectivity index is -0.000000207. The van der Waals surface area contributed by atoms with Gasteiger partial charge < -0.3 is 13.8 Å². The van der Waals surface area contributed by atoms with Gasteiger partial charge in [-0.1, -0.05) is 31.4 Å². The summed E-state index contributed by atoms with van der Waals surface area (Å²) >= 11 is 1.75. The number of benzene rings is 1. The first-order chi connectivity index (χ1) is 7.15. The Hall–Kier alpha value is 0.128. The van der Waals surface area contributed by atoms with Gasteiger partial charge in [0, 0.05) is 4.90 Å². The summed E-state index contributed by atoms with van der Waals surface area (Å²) in [6, 6.07) is 8.19. The molecule has 1 radical (unpaired) electrons. The molecule has 1 rings (SSSR count). The van der Waals surface area contributed by atoms with Crippen LogP contribution in [-0.4, -0.2) is 14.1 Å². The third-order valence-corrected chi connectivity index (χ3v) is 1.90. The van der Waals surface area contributed by atoms with Crippen LogP contribution in [0.1, 0.15) is 26.7 Å². The van der Waals surface area contributed by atoms with E-state index < -0.39 is 0 Å². The Morgan fingerprint density at radius 1 is 1.06 bits per heavy atom. The first kappa shape index (κ1) is 21.4. The zero-order valence-electron chi connectivity index (χ0n) is 10.6. The van der Waals surface area contributed by atoms with Crippen LogP contribution in [0.25, 0.3) is 0 Å². The topological polar surface area (TPSA) is 0 Å². The molecule has 3 heteroatoms. The molecule has 0 saturated heterocycles. The first-order valence-electron chi connectivity index (χ1n) is 5.20. The summed E-state index contributed by atoms with van der Waals surface area (Å²) in [5, 5.41) is 0. The van der Waals surface area contributed by atoms with Crippen molar-refractivity contribution in [3.63, 3.8) is 0 Å². The molecule has 1 aromatic rings. The fourth-order valence-corrected chi connectivity index (χ4v) is 1.03. The maximum atomic E-state index is 3.79. The summed E-state index contributed by atoms with van der Waals surface area (Å²) in [7, 11) is 3.79. The van der Waals surface area contributed by atoms with Crippen molar-refractivity contribution in [2.75, 3.05) is 6.26 Å². The van der Waals surface area contributed by atoms with Gasteiger partial charge in [0.05, 0.1) is 0 Å². The van der Waals surface area contributed by atoms with E-state index in [0.717, 1.165) is 18.3 Å². The monoisotopic (exact) mass is 279 g/mol. The third-order valence-electron chi connectivity index (χ3n) is 1.16. The second-order valence-electron chi connectivity index (χ2n) is 2.85. The normalized spacial score (nSPS) is 7.56. The van der Waals surface area contributed by atoms with Gasteiger partial charge in [0.25, 0.3) is 0 Å². The van der Waals surface area contributed by atoms with Crippen molar-refractivity contribution < 1.29 is 16.5 Å². The smallest absolute Gasteiger partial charge is 0.344 e. The van der Waals surface area contributed by atoms with Crippen LogP contribution in [0.4, 0.5) is 0 Å². The summed E-state index contributed by atoms with van der Waals surface area (Å²) in [4.78, 5) is 1.29. The van der Waals surface area contributed by atoms with Crippen molar-refractivity contribution in [1.29, 1.82) is 0 Å². The van der Waals surface area contributed by atoms with Crippen LogP contribution >= 0.6 is 11.8 Å². The molecular weight excluding hydrogens is 258 g/mol. The molecule has 0 bridgehead atoms. The van der Waals surface area contributed by atoms with Crippen LogP contribution in [0.15, 0.2) is 29.2 Å². The second-order valence-corrected chi connectivity index (χ2v) is 3.73. The average Bonchev–Trinajstić information content (AvgIpc) is 2.21. The van der Waals surface area contributed by atoms with Gasteiger partial charge in [0.2, 0.25) is 0 Å². The largest absolute Gasteiger partial charge is 2.00 e. The van der Waals surface area contributed by atoms with Crippen LogP contribution in [0.5, 0.6) is 0 Å². The van der Waals surface area contributed by atoms with Crippen LogP contribution < -0.4 is 5.46 Å². The Morgan fingerprint density at radius 3 is 1.62 bits per heavy atom. The van der Waals surface area contributed by atoms with Crippen LogP contribution in [0.2, 0.25) is 0 Å². The molecule has 0 aliphatic heterocycles. The van der Waals surface area contributed by atoms with Crippen molar-refractivity contribution in [2.45, 2.75) is 31.6 Å². The molecule has 0 aliphatic carbocycles. The van der Waals surface area contributed by atoms with Crippen molar-refractivity contribution in [3.8, 4) is 0 Å². The summed E-state index contributed by atoms with van der Waals surface area (Å²) in [6.07, 6.45) is 4.07. The van der Waals surface area contributed by atoms with Gasteiger partial charge in [-0.05, 0) is 18.4 Å². The molecule has 0 amide bonds. The van der Waals surface area contributed by atoms with Gasteiger partial charge in [-0.25, -0.2) is 0 Å². The molecule has 1 aromatic carbocycles. The zero-order chi connectivity index (χ0) is 12.1. The summed E-state index contributed by atoms with van der Waals surface area (Å²) < 4.78 is 0. The SMILES string of the molecule is [BH]c1ccc(SC)cc1.[CH2-]CC.[CH2-]CC.[Ni+2]. The Labute approximate surface area is 117 Å². The quantitative estimate of drug-likeness (QED) is 0.431. The minimum absolute atomic E-state index is 0. The molecule has 0 saturated carbocycles. The molecule has 0 nitrogen and oxygen atoms in total. The van der Waals surface area contributed by atoms with Crippen LogP contribution in [0, 0.1) is 13.8 Å². The second kappa shape index (κ2) is 17.5. The summed E-state index contributed by atoms with van der Waals surface area (Å²) in [6.45, 7) is 11.0. The molecule has 0 N–H and O–H groups in total. The Bertz CT molecular complexity index is 210. The minimum atomic E-state index is 0. The number of rotatable bonds is 1. The van der Waals surface area contributed by atoms with Gasteiger partial charge in [-0.2, -0.15) is 12.8 Å². The molecule has 0 spiro atoms. The van der Waals surface area contributed by atoms with E-state index >= 15 is 0 Å². The summed E-state index contributed by atoms with van der Waals surface area (Å²) in [5.74, 6) is 0. The first-order valence-corrected chi connectivity index (χ1v) is 6.43. The van der Waals surface area contributed by atoms with E-state index in [-0.39, 0.29) is 16.5 Å². The predicted octanol–water partition coefficient (Wildman–Crippen LogP) is 3.39. The van der Waals surface area contributed by atoms with E-state index in [2.05, 4.69) is 40.1 Å². The van der Waals surface area contributed by atoms with Gasteiger partial charge in [0.15, 0.2) is 0 Å². The van der Waals surface area contributed by atoms with Gasteiger partial charge in [-0.15, -0.1) is 11.8 Å². The van der Waals surface area contributed by atoms with Gasteiger partial charge >= 0.3 is 16.5 Å². The number of hydrogen-bond donors (Lipinski definition) is 0. The summed E-state index contributed by atoms with van der Waals surface area (Å²) in [5.41, 5.74) is 1.08. The van der Waals surface area contributed by atoms with Crippen molar-refractivity contribution in [2.24, 2.45) is 0 Å². The van der Waals surface area contributed by atoms with Crippen molar-refractivity contribution in [3.05, 3.63) is 38.1 Å². The van der Waals surface area contributed by atoms with E-state index in [1.54, 1.807) is 11.8 Å². The molecule has 0 unspecified atom stereocenters. The fraction of sp³-hybridized carbons (Fsp3) is 0.385. The number of thioether (sulfide) groups is 1. The molecule has 0 aromatic heterocycles. The van der Waals surface area contributed by atoms with Crippen LogP contribution in [-0.2, 0) is 16.5 Å². The molecule has 16 heavy (non-hydrogen) atoms. The van der Waals surface area contributed by atoms with Gasteiger partial charge in [-0.3, -0.25) is 0 Å². The Morgan fingerprint density at radius 2 is 1.38 bits per heavy atom. The zero-order valence-corrected chi connectivity index (χ0v) is 12.4. The Kier molecular flexibility index (Phi) is 23.5. The van der Waals surface area contributed by atoms with E-state index in [4.69, 9.17) is 0 Å². The maximum absolute atomic E-state index is 3.79.